The Labute approximate surface area is 225 Å². The van der Waals surface area contributed by atoms with Crippen molar-refractivity contribution in [2.24, 2.45) is 0 Å². The molecule has 39 heavy (non-hydrogen) atoms. The van der Waals surface area contributed by atoms with Gasteiger partial charge in [0.15, 0.2) is 0 Å². The van der Waals surface area contributed by atoms with Gasteiger partial charge in [0.25, 0.3) is 5.91 Å². The smallest absolute Gasteiger partial charge is 0.409 e. The second-order valence-corrected chi connectivity index (χ2v) is 8.75. The van der Waals surface area contributed by atoms with Crippen LogP contribution in [0.4, 0.5) is 4.79 Å². The van der Waals surface area contributed by atoms with Gasteiger partial charge in [-0.15, -0.1) is 0 Å². The van der Waals surface area contributed by atoms with Crippen molar-refractivity contribution in [3.63, 3.8) is 0 Å². The first-order valence-electron chi connectivity index (χ1n) is 12.6. The highest BCUT2D eigenvalue weighted by Gasteiger charge is 2.25. The van der Waals surface area contributed by atoms with Crippen molar-refractivity contribution in [3.05, 3.63) is 71.4 Å². The van der Waals surface area contributed by atoms with Crippen LogP contribution < -0.4 is 10.1 Å². The van der Waals surface area contributed by atoms with Crippen molar-refractivity contribution in [3.8, 4) is 5.75 Å². The number of fused-ring (bicyclic) bond motifs is 1. The lowest BCUT2D eigenvalue weighted by Crippen LogP contribution is -2.52. The summed E-state index contributed by atoms with van der Waals surface area (Å²) in [5, 5.41) is 3.35. The summed E-state index contributed by atoms with van der Waals surface area (Å²) in [4.78, 5) is 56.9. The van der Waals surface area contributed by atoms with E-state index in [2.05, 4.69) is 10.3 Å². The van der Waals surface area contributed by atoms with E-state index < -0.39 is 18.0 Å². The standard InChI is InChI=1S/C28H30N4O7/c1-3-38-28(36)32-13-11-31(12-14-32)25(33)17-29-26(34)23-16-24(21-9-4-5-10-22(21)30-23)39-18-19-7-6-8-20(15-19)27(35)37-2/h4-10,15-16H,3,11-14,17-18H2,1-2H3,(H,29,34). The zero-order chi connectivity index (χ0) is 27.8. The van der Waals surface area contributed by atoms with Gasteiger partial charge in [-0.25, -0.2) is 14.6 Å². The summed E-state index contributed by atoms with van der Waals surface area (Å²) in [5.41, 5.74) is 1.82. The highest BCUT2D eigenvalue weighted by Crippen LogP contribution is 2.26. The van der Waals surface area contributed by atoms with E-state index in [4.69, 9.17) is 14.2 Å². The topological polar surface area (TPSA) is 127 Å². The van der Waals surface area contributed by atoms with E-state index in [1.54, 1.807) is 47.1 Å². The first-order valence-corrected chi connectivity index (χ1v) is 12.6. The normalized spacial score (nSPS) is 13.1. The molecule has 1 fully saturated rings. The first kappa shape index (κ1) is 27.4. The van der Waals surface area contributed by atoms with Gasteiger partial charge in [-0.1, -0.05) is 24.3 Å². The molecule has 1 aliphatic rings. The van der Waals surface area contributed by atoms with Crippen molar-refractivity contribution in [1.82, 2.24) is 20.1 Å². The largest absolute Gasteiger partial charge is 0.488 e. The number of aromatic nitrogens is 1. The van der Waals surface area contributed by atoms with E-state index >= 15 is 0 Å². The second kappa shape index (κ2) is 12.7. The highest BCUT2D eigenvalue weighted by atomic mass is 16.6. The van der Waals surface area contributed by atoms with Crippen molar-refractivity contribution in [2.45, 2.75) is 13.5 Å². The van der Waals surface area contributed by atoms with Gasteiger partial charge in [-0.05, 0) is 36.8 Å². The number of esters is 1. The molecule has 3 amide bonds. The Morgan fingerprint density at radius 3 is 2.44 bits per heavy atom. The Morgan fingerprint density at radius 1 is 0.949 bits per heavy atom. The van der Waals surface area contributed by atoms with Crippen LogP contribution >= 0.6 is 0 Å². The molecule has 2 aromatic carbocycles. The molecule has 2 heterocycles. The van der Waals surface area contributed by atoms with E-state index in [0.717, 1.165) is 5.56 Å². The molecule has 1 N–H and O–H groups in total. The van der Waals surface area contributed by atoms with Crippen LogP contribution in [-0.2, 0) is 20.9 Å². The number of ether oxygens (including phenoxy) is 3. The van der Waals surface area contributed by atoms with Crippen LogP contribution in [0.5, 0.6) is 5.75 Å². The third-order valence-corrected chi connectivity index (χ3v) is 6.21. The Morgan fingerprint density at radius 2 is 1.69 bits per heavy atom. The fraction of sp³-hybridized carbons (Fsp3) is 0.321. The molecule has 3 aromatic rings. The molecule has 0 atom stereocenters. The quantitative estimate of drug-likeness (QED) is 0.437. The van der Waals surface area contributed by atoms with E-state index in [9.17, 15) is 19.2 Å². The van der Waals surface area contributed by atoms with Crippen LogP contribution in [0.3, 0.4) is 0 Å². The molecule has 11 heteroatoms. The number of hydrogen-bond acceptors (Lipinski definition) is 8. The maximum atomic E-state index is 12.9. The minimum absolute atomic E-state index is 0.104. The molecule has 0 saturated carbocycles. The molecular weight excluding hydrogens is 504 g/mol. The monoisotopic (exact) mass is 534 g/mol. The Bertz CT molecular complexity index is 1370. The van der Waals surface area contributed by atoms with Gasteiger partial charge in [-0.3, -0.25) is 9.59 Å². The summed E-state index contributed by atoms with van der Waals surface area (Å²) in [5.74, 6) is -0.775. The minimum atomic E-state index is -0.517. The molecule has 0 aliphatic carbocycles. The van der Waals surface area contributed by atoms with Crippen molar-refractivity contribution in [1.29, 1.82) is 0 Å². The fourth-order valence-electron chi connectivity index (χ4n) is 4.16. The maximum Gasteiger partial charge on any atom is 0.409 e. The second-order valence-electron chi connectivity index (χ2n) is 8.75. The number of nitrogens with one attached hydrogen (secondary N) is 1. The van der Waals surface area contributed by atoms with E-state index in [1.165, 1.54) is 13.2 Å². The summed E-state index contributed by atoms with van der Waals surface area (Å²) in [6.45, 7) is 3.43. The third-order valence-electron chi connectivity index (χ3n) is 6.21. The number of para-hydroxylation sites is 1. The van der Waals surface area contributed by atoms with Crippen LogP contribution in [0.1, 0.15) is 33.3 Å². The highest BCUT2D eigenvalue weighted by molar-refractivity contribution is 5.98. The maximum absolute atomic E-state index is 12.9. The summed E-state index contributed by atoms with van der Waals surface area (Å²) in [6.07, 6.45) is -0.394. The van der Waals surface area contributed by atoms with Crippen molar-refractivity contribution < 1.29 is 33.4 Å². The summed E-state index contributed by atoms with van der Waals surface area (Å²) >= 11 is 0. The Hall–Kier alpha value is -4.67. The number of carbonyl (C=O) groups is 4. The molecular formula is C28H30N4O7. The summed E-state index contributed by atoms with van der Waals surface area (Å²) < 4.78 is 15.8. The first-order chi connectivity index (χ1) is 18.9. The van der Waals surface area contributed by atoms with E-state index in [1.807, 2.05) is 18.2 Å². The number of methoxy groups -OCH3 is 1. The average molecular weight is 535 g/mol. The third kappa shape index (κ3) is 6.81. The molecule has 1 aliphatic heterocycles. The van der Waals surface area contributed by atoms with Crippen LogP contribution in [0.2, 0.25) is 0 Å². The van der Waals surface area contributed by atoms with Crippen LogP contribution in [-0.4, -0.2) is 85.1 Å². The van der Waals surface area contributed by atoms with Gasteiger partial charge < -0.3 is 29.3 Å². The number of benzene rings is 2. The molecule has 0 radical (unpaired) electrons. The fourth-order valence-corrected chi connectivity index (χ4v) is 4.16. The zero-order valence-electron chi connectivity index (χ0n) is 21.8. The Balaban J connectivity index is 1.40. The summed E-state index contributed by atoms with van der Waals surface area (Å²) in [7, 11) is 1.32. The number of amides is 3. The number of nitrogens with zero attached hydrogens (tertiary/aromatic N) is 3. The van der Waals surface area contributed by atoms with Gasteiger partial charge in [0.2, 0.25) is 5.91 Å². The van der Waals surface area contributed by atoms with Gasteiger partial charge in [0.1, 0.15) is 18.1 Å². The van der Waals surface area contributed by atoms with Crippen LogP contribution in [0, 0.1) is 0 Å². The molecule has 0 spiro atoms. The average Bonchev–Trinajstić information content (AvgIpc) is 2.98. The van der Waals surface area contributed by atoms with Gasteiger partial charge in [0, 0.05) is 37.6 Å². The van der Waals surface area contributed by atoms with Crippen LogP contribution in [0.15, 0.2) is 54.6 Å². The lowest BCUT2D eigenvalue weighted by atomic mass is 10.1. The number of piperazine rings is 1. The van der Waals surface area contributed by atoms with Gasteiger partial charge in [-0.2, -0.15) is 0 Å². The molecule has 4 rings (SSSR count). The molecule has 1 saturated heterocycles. The molecule has 0 bridgehead atoms. The number of carbonyl (C=O) groups excluding carboxylic acids is 4. The van der Waals surface area contributed by atoms with Crippen LogP contribution in [0.25, 0.3) is 10.9 Å². The molecule has 0 unspecified atom stereocenters. The van der Waals surface area contributed by atoms with Crippen molar-refractivity contribution >= 4 is 34.8 Å². The Kier molecular flexibility index (Phi) is 8.93. The van der Waals surface area contributed by atoms with Crippen molar-refractivity contribution in [2.75, 3.05) is 46.4 Å². The number of hydrogen-bond donors (Lipinski definition) is 1. The van der Waals surface area contributed by atoms with E-state index in [-0.39, 0.29) is 24.8 Å². The van der Waals surface area contributed by atoms with Gasteiger partial charge >= 0.3 is 12.1 Å². The molecule has 1 aromatic heterocycles. The minimum Gasteiger partial charge on any atom is -0.488 e. The molecule has 11 nitrogen and oxygen atoms in total. The number of pyridine rings is 1. The van der Waals surface area contributed by atoms with E-state index in [0.29, 0.717) is 55.0 Å². The molecule has 204 valence electrons. The predicted octanol–water partition coefficient (Wildman–Crippen LogP) is 2.63. The summed E-state index contributed by atoms with van der Waals surface area (Å²) in [6, 6.07) is 15.7. The lowest BCUT2D eigenvalue weighted by Gasteiger charge is -2.34. The number of rotatable bonds is 8. The zero-order valence-corrected chi connectivity index (χ0v) is 21.8. The predicted molar refractivity (Wildman–Crippen MR) is 141 cm³/mol. The van der Waals surface area contributed by atoms with Gasteiger partial charge in [0.05, 0.1) is 31.3 Å². The SMILES string of the molecule is CCOC(=O)N1CCN(C(=O)CNC(=O)c2cc(OCc3cccc(C(=O)OC)c3)c3ccccc3n2)CC1. The lowest BCUT2D eigenvalue weighted by molar-refractivity contribution is -0.131.